The number of aromatic amines is 1. The highest BCUT2D eigenvalue weighted by molar-refractivity contribution is 9.10. The predicted molar refractivity (Wildman–Crippen MR) is 52.4 cm³/mol. The molecule has 1 aromatic carbocycles. The van der Waals surface area contributed by atoms with Crippen LogP contribution < -0.4 is 0 Å². The minimum Gasteiger partial charge on any atom is -0.507 e. The van der Waals surface area contributed by atoms with Gasteiger partial charge in [-0.25, -0.2) is 4.79 Å². The second-order valence-corrected chi connectivity index (χ2v) is 3.64. The monoisotopic (exact) mass is 256 g/mol. The summed E-state index contributed by atoms with van der Waals surface area (Å²) in [6.45, 7) is 0. The molecule has 0 saturated heterocycles. The van der Waals surface area contributed by atoms with E-state index < -0.39 is 5.97 Å². The van der Waals surface area contributed by atoms with E-state index in [1.807, 2.05) is 0 Å². The van der Waals surface area contributed by atoms with Crippen molar-refractivity contribution in [1.82, 2.24) is 10.2 Å². The summed E-state index contributed by atoms with van der Waals surface area (Å²) >= 11 is 3.17. The second kappa shape index (κ2) is 2.98. The quantitative estimate of drug-likeness (QED) is 0.726. The van der Waals surface area contributed by atoms with Crippen molar-refractivity contribution in [3.05, 3.63) is 22.3 Å². The van der Waals surface area contributed by atoms with Crippen LogP contribution in [0.5, 0.6) is 5.75 Å². The zero-order valence-corrected chi connectivity index (χ0v) is 8.37. The number of phenols is 1. The Morgan fingerprint density at radius 2 is 2.21 bits per heavy atom. The third kappa shape index (κ3) is 1.24. The Morgan fingerprint density at radius 3 is 2.86 bits per heavy atom. The smallest absolute Gasteiger partial charge is 0.357 e. The fraction of sp³-hybridized carbons (Fsp3) is 0. The van der Waals surface area contributed by atoms with Crippen molar-refractivity contribution < 1.29 is 15.0 Å². The fourth-order valence-electron chi connectivity index (χ4n) is 1.26. The summed E-state index contributed by atoms with van der Waals surface area (Å²) in [4.78, 5) is 10.7. The van der Waals surface area contributed by atoms with Crippen LogP contribution in [0.15, 0.2) is 16.6 Å². The van der Waals surface area contributed by atoms with E-state index in [9.17, 15) is 9.90 Å². The van der Waals surface area contributed by atoms with Crippen molar-refractivity contribution >= 4 is 32.8 Å². The molecule has 0 fully saturated rings. The van der Waals surface area contributed by atoms with Gasteiger partial charge in [-0.1, -0.05) is 15.9 Å². The van der Waals surface area contributed by atoms with E-state index in [1.165, 1.54) is 6.07 Å². The van der Waals surface area contributed by atoms with Gasteiger partial charge in [-0.15, -0.1) is 0 Å². The average molecular weight is 257 g/mol. The van der Waals surface area contributed by atoms with Crippen LogP contribution in [0.25, 0.3) is 10.9 Å². The van der Waals surface area contributed by atoms with Crippen LogP contribution in [0, 0.1) is 0 Å². The minimum absolute atomic E-state index is 0.111. The number of hydrogen-bond donors (Lipinski definition) is 3. The molecular formula is C8H5BrN2O3. The number of nitrogens with zero attached hydrogens (tertiary/aromatic N) is 1. The number of rotatable bonds is 1. The van der Waals surface area contributed by atoms with Crippen molar-refractivity contribution in [3.63, 3.8) is 0 Å². The molecule has 0 atom stereocenters. The minimum atomic E-state index is -1.17. The largest absolute Gasteiger partial charge is 0.507 e. The standard InChI is InChI=1S/C8H5BrN2O3/c9-3-1-4-6(5(12)2-3)7(8(13)14)11-10-4/h1-2,12H,(H,10,11)(H,13,14). The molecule has 2 aromatic rings. The van der Waals surface area contributed by atoms with Crippen molar-refractivity contribution in [3.8, 4) is 5.75 Å². The molecule has 6 heteroatoms. The zero-order chi connectivity index (χ0) is 10.3. The number of aromatic nitrogens is 2. The first kappa shape index (κ1) is 9.01. The number of phenolic OH excluding ortho intramolecular Hbond substituents is 1. The average Bonchev–Trinajstić information content (AvgIpc) is 2.47. The molecule has 3 N–H and O–H groups in total. The number of carbonyl (C=O) groups is 1. The summed E-state index contributed by atoms with van der Waals surface area (Å²) in [7, 11) is 0. The molecule has 0 unspecified atom stereocenters. The maximum atomic E-state index is 10.7. The summed E-state index contributed by atoms with van der Waals surface area (Å²) in [5, 5.41) is 24.6. The molecule has 72 valence electrons. The van der Waals surface area contributed by atoms with E-state index in [-0.39, 0.29) is 16.8 Å². The number of halogens is 1. The topological polar surface area (TPSA) is 86.2 Å². The zero-order valence-electron chi connectivity index (χ0n) is 6.78. The summed E-state index contributed by atoms with van der Waals surface area (Å²) in [6.07, 6.45) is 0. The number of nitrogens with one attached hydrogen (secondary N) is 1. The Hall–Kier alpha value is -1.56. The van der Waals surface area contributed by atoms with E-state index in [0.717, 1.165) is 0 Å². The van der Waals surface area contributed by atoms with Crippen LogP contribution in [0.3, 0.4) is 0 Å². The third-order valence-corrected chi connectivity index (χ3v) is 2.27. The molecule has 0 bridgehead atoms. The van der Waals surface area contributed by atoms with E-state index in [2.05, 4.69) is 26.1 Å². The number of benzene rings is 1. The molecule has 0 radical (unpaired) electrons. The van der Waals surface area contributed by atoms with Crippen LogP contribution >= 0.6 is 15.9 Å². The highest BCUT2D eigenvalue weighted by atomic mass is 79.9. The van der Waals surface area contributed by atoms with Crippen LogP contribution in [-0.2, 0) is 0 Å². The number of hydrogen-bond acceptors (Lipinski definition) is 3. The number of aromatic carboxylic acids is 1. The number of carboxylic acids is 1. The summed E-state index contributed by atoms with van der Waals surface area (Å²) in [6, 6.07) is 3.07. The lowest BCUT2D eigenvalue weighted by molar-refractivity contribution is 0.0692. The van der Waals surface area contributed by atoms with Crippen LogP contribution in [0.4, 0.5) is 0 Å². The maximum absolute atomic E-state index is 10.7. The molecule has 1 aromatic heterocycles. The van der Waals surface area contributed by atoms with Gasteiger partial charge in [0.1, 0.15) is 5.75 Å². The Bertz CT molecular complexity index is 521. The Morgan fingerprint density at radius 1 is 1.50 bits per heavy atom. The molecule has 0 spiro atoms. The van der Waals surface area contributed by atoms with Gasteiger partial charge in [0, 0.05) is 4.47 Å². The number of fused-ring (bicyclic) bond motifs is 1. The first-order chi connectivity index (χ1) is 6.59. The van der Waals surface area contributed by atoms with Gasteiger partial charge in [0.25, 0.3) is 0 Å². The Labute approximate surface area is 86.5 Å². The lowest BCUT2D eigenvalue weighted by atomic mass is 10.2. The van der Waals surface area contributed by atoms with E-state index in [1.54, 1.807) is 6.07 Å². The van der Waals surface area contributed by atoms with Crippen LogP contribution in [0.1, 0.15) is 10.5 Å². The molecular weight excluding hydrogens is 252 g/mol. The molecule has 0 amide bonds. The van der Waals surface area contributed by atoms with Crippen molar-refractivity contribution in [2.45, 2.75) is 0 Å². The van der Waals surface area contributed by atoms with Gasteiger partial charge in [-0.3, -0.25) is 5.10 Å². The van der Waals surface area contributed by atoms with Crippen LogP contribution in [-0.4, -0.2) is 26.4 Å². The van der Waals surface area contributed by atoms with Crippen molar-refractivity contribution in [2.24, 2.45) is 0 Å². The molecule has 1 heterocycles. The third-order valence-electron chi connectivity index (χ3n) is 1.81. The Kier molecular flexibility index (Phi) is 1.92. The lowest BCUT2D eigenvalue weighted by Crippen LogP contribution is -1.96. The number of aromatic hydroxyl groups is 1. The fourth-order valence-corrected chi connectivity index (χ4v) is 1.70. The van der Waals surface area contributed by atoms with E-state index in [4.69, 9.17) is 5.11 Å². The molecule has 2 rings (SSSR count). The first-order valence-corrected chi connectivity index (χ1v) is 4.49. The van der Waals surface area contributed by atoms with Gasteiger partial charge < -0.3 is 10.2 Å². The molecule has 0 saturated carbocycles. The van der Waals surface area contributed by atoms with Gasteiger partial charge in [-0.2, -0.15) is 5.10 Å². The molecule has 0 aliphatic heterocycles. The van der Waals surface area contributed by atoms with Gasteiger partial charge in [0.05, 0.1) is 10.9 Å². The van der Waals surface area contributed by atoms with Gasteiger partial charge in [-0.05, 0) is 12.1 Å². The highest BCUT2D eigenvalue weighted by Gasteiger charge is 2.16. The first-order valence-electron chi connectivity index (χ1n) is 3.69. The maximum Gasteiger partial charge on any atom is 0.357 e. The predicted octanol–water partition coefficient (Wildman–Crippen LogP) is 1.73. The molecule has 14 heavy (non-hydrogen) atoms. The highest BCUT2D eigenvalue weighted by Crippen LogP contribution is 2.30. The van der Waals surface area contributed by atoms with Gasteiger partial charge >= 0.3 is 5.97 Å². The SMILES string of the molecule is O=C(O)c1n[nH]c2cc(Br)cc(O)c12. The van der Waals surface area contributed by atoms with Gasteiger partial charge in [0.2, 0.25) is 0 Å². The van der Waals surface area contributed by atoms with E-state index in [0.29, 0.717) is 9.99 Å². The summed E-state index contributed by atoms with van der Waals surface area (Å²) < 4.78 is 0.656. The number of carboxylic acid groups (broad SMARTS) is 1. The summed E-state index contributed by atoms with van der Waals surface area (Å²) in [5.74, 6) is -1.28. The molecule has 0 aliphatic rings. The van der Waals surface area contributed by atoms with Gasteiger partial charge in [0.15, 0.2) is 5.69 Å². The van der Waals surface area contributed by atoms with Crippen molar-refractivity contribution in [2.75, 3.05) is 0 Å². The lowest BCUT2D eigenvalue weighted by Gasteiger charge is -1.96. The molecule has 5 nitrogen and oxygen atoms in total. The van der Waals surface area contributed by atoms with Crippen LogP contribution in [0.2, 0.25) is 0 Å². The second-order valence-electron chi connectivity index (χ2n) is 2.72. The van der Waals surface area contributed by atoms with Crippen molar-refractivity contribution in [1.29, 1.82) is 0 Å². The van der Waals surface area contributed by atoms with E-state index >= 15 is 0 Å². The molecule has 0 aliphatic carbocycles. The summed E-state index contributed by atoms with van der Waals surface area (Å²) in [5.41, 5.74) is 0.305. The normalized spacial score (nSPS) is 10.6. The number of H-pyrrole nitrogens is 1. The Balaban J connectivity index is 2.85.